The topological polar surface area (TPSA) is 44.4 Å². The monoisotopic (exact) mass is 277 g/mol. The Labute approximate surface area is 122 Å². The molecular formula is C16H27N3O. The van der Waals surface area contributed by atoms with Crippen LogP contribution in [0.3, 0.4) is 0 Å². The summed E-state index contributed by atoms with van der Waals surface area (Å²) in [5.74, 6) is 0. The Balaban J connectivity index is 2.70. The van der Waals surface area contributed by atoms with Crippen molar-refractivity contribution in [3.63, 3.8) is 0 Å². The van der Waals surface area contributed by atoms with Gasteiger partial charge in [-0.2, -0.15) is 0 Å². The molecule has 0 aliphatic heterocycles. The first-order valence-corrected chi connectivity index (χ1v) is 7.32. The Morgan fingerprint density at radius 2 is 2.00 bits per heavy atom. The van der Waals surface area contributed by atoms with E-state index in [0.717, 1.165) is 18.7 Å². The fraction of sp³-hybridized carbons (Fsp3) is 0.562. The number of urea groups is 1. The number of hydrogen-bond acceptors (Lipinski definition) is 2. The third kappa shape index (κ3) is 4.85. The predicted molar refractivity (Wildman–Crippen MR) is 85.1 cm³/mol. The number of nitrogens with zero attached hydrogens (tertiary/aromatic N) is 1. The van der Waals surface area contributed by atoms with Crippen molar-refractivity contribution in [2.45, 2.75) is 46.2 Å². The average molecular weight is 277 g/mol. The minimum atomic E-state index is -0.0775. The SMILES string of the molecule is CCCNC(C)c1cccc(NC(=O)N(C)C(C)C)c1. The first-order chi connectivity index (χ1) is 9.45. The maximum atomic E-state index is 12.0. The summed E-state index contributed by atoms with van der Waals surface area (Å²) >= 11 is 0. The average Bonchev–Trinajstić information content (AvgIpc) is 2.43. The molecule has 0 bridgehead atoms. The van der Waals surface area contributed by atoms with Crippen molar-refractivity contribution in [3.8, 4) is 0 Å². The van der Waals surface area contributed by atoms with Crippen molar-refractivity contribution in [3.05, 3.63) is 29.8 Å². The van der Waals surface area contributed by atoms with Crippen molar-refractivity contribution in [2.75, 3.05) is 18.9 Å². The van der Waals surface area contributed by atoms with Crippen LogP contribution >= 0.6 is 0 Å². The van der Waals surface area contributed by atoms with E-state index in [2.05, 4.69) is 30.5 Å². The number of hydrogen-bond donors (Lipinski definition) is 2. The number of rotatable bonds is 6. The highest BCUT2D eigenvalue weighted by atomic mass is 16.2. The number of nitrogens with one attached hydrogen (secondary N) is 2. The van der Waals surface area contributed by atoms with Gasteiger partial charge in [0.2, 0.25) is 0 Å². The quantitative estimate of drug-likeness (QED) is 0.834. The second-order valence-corrected chi connectivity index (χ2v) is 5.44. The Bertz CT molecular complexity index is 431. The number of benzene rings is 1. The van der Waals surface area contributed by atoms with Crippen molar-refractivity contribution in [1.29, 1.82) is 0 Å². The highest BCUT2D eigenvalue weighted by Gasteiger charge is 2.12. The molecule has 0 aromatic heterocycles. The van der Waals surface area contributed by atoms with Crippen LogP contribution in [0, 0.1) is 0 Å². The Morgan fingerprint density at radius 3 is 2.60 bits per heavy atom. The number of carbonyl (C=O) groups is 1. The molecule has 0 aliphatic rings. The van der Waals surface area contributed by atoms with Crippen molar-refractivity contribution in [2.24, 2.45) is 0 Å². The van der Waals surface area contributed by atoms with E-state index in [1.165, 1.54) is 5.56 Å². The Morgan fingerprint density at radius 1 is 1.30 bits per heavy atom. The second-order valence-electron chi connectivity index (χ2n) is 5.44. The zero-order valence-corrected chi connectivity index (χ0v) is 13.2. The van der Waals surface area contributed by atoms with E-state index in [4.69, 9.17) is 0 Å². The van der Waals surface area contributed by atoms with Crippen molar-refractivity contribution >= 4 is 11.7 Å². The molecule has 1 aromatic carbocycles. The summed E-state index contributed by atoms with van der Waals surface area (Å²) in [6, 6.07) is 8.39. The molecule has 20 heavy (non-hydrogen) atoms. The molecule has 4 nitrogen and oxygen atoms in total. The summed E-state index contributed by atoms with van der Waals surface area (Å²) in [4.78, 5) is 13.7. The first kappa shape index (κ1) is 16.5. The molecule has 1 aromatic rings. The summed E-state index contributed by atoms with van der Waals surface area (Å²) in [6.07, 6.45) is 1.11. The third-order valence-electron chi connectivity index (χ3n) is 3.43. The van der Waals surface area contributed by atoms with Crippen LogP contribution in [-0.2, 0) is 0 Å². The van der Waals surface area contributed by atoms with Gasteiger partial charge in [0.25, 0.3) is 0 Å². The van der Waals surface area contributed by atoms with Gasteiger partial charge in [-0.25, -0.2) is 4.79 Å². The maximum absolute atomic E-state index is 12.0. The van der Waals surface area contributed by atoms with E-state index < -0.39 is 0 Å². The minimum Gasteiger partial charge on any atom is -0.325 e. The summed E-state index contributed by atoms with van der Waals surface area (Å²) in [7, 11) is 1.80. The van der Waals surface area contributed by atoms with Crippen molar-refractivity contribution < 1.29 is 4.79 Å². The van der Waals surface area contributed by atoms with Gasteiger partial charge in [0, 0.05) is 24.8 Å². The largest absolute Gasteiger partial charge is 0.325 e. The summed E-state index contributed by atoms with van der Waals surface area (Å²) < 4.78 is 0. The van der Waals surface area contributed by atoms with E-state index in [9.17, 15) is 4.79 Å². The van der Waals surface area contributed by atoms with Gasteiger partial charge in [0.1, 0.15) is 0 Å². The van der Waals surface area contributed by atoms with Gasteiger partial charge in [0.15, 0.2) is 0 Å². The highest BCUT2D eigenvalue weighted by molar-refractivity contribution is 5.89. The lowest BCUT2D eigenvalue weighted by molar-refractivity contribution is 0.211. The van der Waals surface area contributed by atoms with E-state index in [1.807, 2.05) is 32.0 Å². The third-order valence-corrected chi connectivity index (χ3v) is 3.43. The Kier molecular flexibility index (Phi) is 6.52. The Hall–Kier alpha value is -1.55. The lowest BCUT2D eigenvalue weighted by Gasteiger charge is -2.22. The van der Waals surface area contributed by atoms with Gasteiger partial charge >= 0.3 is 6.03 Å². The normalized spacial score (nSPS) is 12.3. The summed E-state index contributed by atoms with van der Waals surface area (Å²) in [5, 5.41) is 6.38. The zero-order chi connectivity index (χ0) is 15.1. The number of anilines is 1. The van der Waals surface area contributed by atoms with Gasteiger partial charge in [-0.1, -0.05) is 19.1 Å². The van der Waals surface area contributed by atoms with Crippen LogP contribution in [-0.4, -0.2) is 30.6 Å². The van der Waals surface area contributed by atoms with Gasteiger partial charge in [-0.3, -0.25) is 0 Å². The van der Waals surface area contributed by atoms with Gasteiger partial charge < -0.3 is 15.5 Å². The molecule has 0 heterocycles. The lowest BCUT2D eigenvalue weighted by atomic mass is 10.1. The molecular weight excluding hydrogens is 250 g/mol. The standard InChI is InChI=1S/C16H27N3O/c1-6-10-17-13(4)14-8-7-9-15(11-14)18-16(20)19(5)12(2)3/h7-9,11-13,17H,6,10H2,1-5H3,(H,18,20). The molecule has 1 unspecified atom stereocenters. The predicted octanol–water partition coefficient (Wildman–Crippen LogP) is 3.62. The first-order valence-electron chi connectivity index (χ1n) is 7.32. The molecule has 0 saturated carbocycles. The molecule has 0 fully saturated rings. The molecule has 112 valence electrons. The number of amides is 2. The molecule has 0 aliphatic carbocycles. The van der Waals surface area contributed by atoms with Crippen LogP contribution < -0.4 is 10.6 Å². The van der Waals surface area contributed by atoms with E-state index in [-0.39, 0.29) is 18.1 Å². The van der Waals surface area contributed by atoms with Crippen LogP contribution in [0.2, 0.25) is 0 Å². The molecule has 4 heteroatoms. The van der Waals surface area contributed by atoms with Crippen LogP contribution in [0.1, 0.15) is 45.7 Å². The van der Waals surface area contributed by atoms with Crippen LogP contribution in [0.5, 0.6) is 0 Å². The second kappa shape index (κ2) is 7.90. The van der Waals surface area contributed by atoms with Gasteiger partial charge in [0.05, 0.1) is 0 Å². The fourth-order valence-electron chi connectivity index (χ4n) is 1.81. The highest BCUT2D eigenvalue weighted by Crippen LogP contribution is 2.17. The molecule has 0 saturated heterocycles. The van der Waals surface area contributed by atoms with Gasteiger partial charge in [-0.15, -0.1) is 0 Å². The summed E-state index contributed by atoms with van der Waals surface area (Å²) in [6.45, 7) is 9.27. The van der Waals surface area contributed by atoms with Crippen LogP contribution in [0.25, 0.3) is 0 Å². The molecule has 1 rings (SSSR count). The maximum Gasteiger partial charge on any atom is 0.321 e. The van der Waals surface area contributed by atoms with Crippen molar-refractivity contribution in [1.82, 2.24) is 10.2 Å². The van der Waals surface area contributed by atoms with Crippen LogP contribution in [0.4, 0.5) is 10.5 Å². The fourth-order valence-corrected chi connectivity index (χ4v) is 1.81. The molecule has 0 spiro atoms. The number of carbonyl (C=O) groups excluding carboxylic acids is 1. The lowest BCUT2D eigenvalue weighted by Crippen LogP contribution is -2.36. The molecule has 0 radical (unpaired) electrons. The smallest absolute Gasteiger partial charge is 0.321 e. The van der Waals surface area contributed by atoms with Gasteiger partial charge in [-0.05, 0) is 51.4 Å². The molecule has 1 atom stereocenters. The molecule has 2 N–H and O–H groups in total. The summed E-state index contributed by atoms with van der Waals surface area (Å²) in [5.41, 5.74) is 2.02. The van der Waals surface area contributed by atoms with E-state index in [1.54, 1.807) is 11.9 Å². The van der Waals surface area contributed by atoms with Crippen LogP contribution in [0.15, 0.2) is 24.3 Å². The molecule has 2 amide bonds. The van der Waals surface area contributed by atoms with E-state index in [0.29, 0.717) is 0 Å². The van der Waals surface area contributed by atoms with E-state index >= 15 is 0 Å². The zero-order valence-electron chi connectivity index (χ0n) is 13.2. The minimum absolute atomic E-state index is 0.0775.